The Morgan fingerprint density at radius 2 is 1.93 bits per heavy atom. The first-order chi connectivity index (χ1) is 13.6. The van der Waals surface area contributed by atoms with E-state index in [1.165, 1.54) is 13.4 Å². The van der Waals surface area contributed by atoms with Gasteiger partial charge in [0.05, 0.1) is 18.9 Å². The van der Waals surface area contributed by atoms with Crippen LogP contribution in [0.5, 0.6) is 5.75 Å². The molecule has 28 heavy (non-hydrogen) atoms. The molecule has 0 fully saturated rings. The summed E-state index contributed by atoms with van der Waals surface area (Å²) in [4.78, 5) is 12.6. The van der Waals surface area contributed by atoms with Crippen molar-refractivity contribution < 1.29 is 18.4 Å². The molecule has 0 saturated heterocycles. The van der Waals surface area contributed by atoms with Gasteiger partial charge in [0.15, 0.2) is 5.76 Å². The number of ether oxygens (including phenoxy) is 1. The van der Waals surface area contributed by atoms with E-state index in [1.54, 1.807) is 54.6 Å². The van der Waals surface area contributed by atoms with Gasteiger partial charge in [0.25, 0.3) is 11.8 Å². The number of aromatic nitrogens is 2. The topological polar surface area (TPSA) is 90.4 Å². The summed E-state index contributed by atoms with van der Waals surface area (Å²) >= 11 is 6.00. The summed E-state index contributed by atoms with van der Waals surface area (Å²) in [7, 11) is 1.49. The largest absolute Gasteiger partial charge is 0.496 e. The van der Waals surface area contributed by atoms with E-state index in [4.69, 9.17) is 25.2 Å². The van der Waals surface area contributed by atoms with Gasteiger partial charge in [-0.25, -0.2) is 0 Å². The van der Waals surface area contributed by atoms with Crippen molar-refractivity contribution >= 4 is 23.2 Å². The molecular formula is C20H14ClN3O4. The van der Waals surface area contributed by atoms with Crippen LogP contribution >= 0.6 is 11.6 Å². The van der Waals surface area contributed by atoms with Gasteiger partial charge < -0.3 is 18.9 Å². The third kappa shape index (κ3) is 3.60. The fourth-order valence-corrected chi connectivity index (χ4v) is 2.80. The third-order valence-corrected chi connectivity index (χ3v) is 4.17. The number of methoxy groups -OCH3 is 1. The summed E-state index contributed by atoms with van der Waals surface area (Å²) < 4.78 is 16.1. The van der Waals surface area contributed by atoms with Crippen LogP contribution in [0.1, 0.15) is 10.4 Å². The van der Waals surface area contributed by atoms with Gasteiger partial charge in [0, 0.05) is 16.3 Å². The summed E-state index contributed by atoms with van der Waals surface area (Å²) in [5.41, 5.74) is 1.54. The summed E-state index contributed by atoms with van der Waals surface area (Å²) in [6, 6.07) is 15.4. The molecular weight excluding hydrogens is 382 g/mol. The van der Waals surface area contributed by atoms with Crippen LogP contribution in [-0.4, -0.2) is 23.2 Å². The summed E-state index contributed by atoms with van der Waals surface area (Å²) in [6.45, 7) is 0. The summed E-state index contributed by atoms with van der Waals surface area (Å²) in [5, 5.41) is 11.3. The van der Waals surface area contributed by atoms with Gasteiger partial charge in [-0.1, -0.05) is 17.7 Å². The van der Waals surface area contributed by atoms with Gasteiger partial charge in [-0.05, 0) is 48.5 Å². The standard InChI is InChI=1S/C20H14ClN3O4/c1-26-16-8-7-13(21)11-15(16)18(25)22-14-5-2-4-12(10-14)19-23-24-20(28-19)17-6-3-9-27-17/h2-11H,1H3,(H,22,25). The third-order valence-electron chi connectivity index (χ3n) is 3.93. The zero-order valence-electron chi connectivity index (χ0n) is 14.7. The Balaban J connectivity index is 1.58. The minimum absolute atomic E-state index is 0.276. The Kier molecular flexibility index (Phi) is 4.82. The molecule has 2 aromatic carbocycles. The van der Waals surface area contributed by atoms with Crippen molar-refractivity contribution in [2.75, 3.05) is 12.4 Å². The highest BCUT2D eigenvalue weighted by atomic mass is 35.5. The van der Waals surface area contributed by atoms with Crippen LogP contribution in [0.2, 0.25) is 5.02 Å². The molecule has 140 valence electrons. The first-order valence-electron chi connectivity index (χ1n) is 8.27. The van der Waals surface area contributed by atoms with E-state index in [9.17, 15) is 4.79 Å². The molecule has 7 nitrogen and oxygen atoms in total. The van der Waals surface area contributed by atoms with Crippen LogP contribution in [-0.2, 0) is 0 Å². The smallest absolute Gasteiger partial charge is 0.283 e. The fraction of sp³-hybridized carbons (Fsp3) is 0.0500. The monoisotopic (exact) mass is 395 g/mol. The van der Waals surface area contributed by atoms with Crippen LogP contribution in [0.4, 0.5) is 5.69 Å². The molecule has 0 atom stereocenters. The van der Waals surface area contributed by atoms with E-state index in [0.717, 1.165) is 0 Å². The maximum absolute atomic E-state index is 12.6. The highest BCUT2D eigenvalue weighted by Crippen LogP contribution is 2.27. The Hall–Kier alpha value is -3.58. The minimum atomic E-state index is -0.349. The lowest BCUT2D eigenvalue weighted by atomic mass is 10.1. The molecule has 1 amide bonds. The molecule has 0 aliphatic carbocycles. The predicted octanol–water partition coefficient (Wildman–Crippen LogP) is 4.91. The lowest BCUT2D eigenvalue weighted by molar-refractivity contribution is 0.102. The van der Waals surface area contributed by atoms with Crippen LogP contribution in [0.25, 0.3) is 23.1 Å². The van der Waals surface area contributed by atoms with Gasteiger partial charge in [-0.15, -0.1) is 10.2 Å². The summed E-state index contributed by atoms with van der Waals surface area (Å²) in [5.74, 6) is 1.15. The average Bonchev–Trinajstić information content (AvgIpc) is 3.40. The number of amides is 1. The normalized spacial score (nSPS) is 10.6. The molecule has 4 rings (SSSR count). The van der Waals surface area contributed by atoms with Crippen molar-refractivity contribution in [3.05, 3.63) is 71.4 Å². The second-order valence-corrected chi connectivity index (χ2v) is 6.21. The number of rotatable bonds is 5. The molecule has 0 unspecified atom stereocenters. The molecule has 2 heterocycles. The highest BCUT2D eigenvalue weighted by molar-refractivity contribution is 6.31. The molecule has 0 saturated carbocycles. The molecule has 1 N–H and O–H groups in total. The van der Waals surface area contributed by atoms with Gasteiger partial charge in [0.2, 0.25) is 5.89 Å². The molecule has 0 aliphatic heterocycles. The SMILES string of the molecule is COc1ccc(Cl)cc1C(=O)Nc1cccc(-c2nnc(-c3ccco3)o2)c1. The maximum atomic E-state index is 12.6. The zero-order valence-corrected chi connectivity index (χ0v) is 15.4. The van der Waals surface area contributed by atoms with Crippen molar-refractivity contribution in [1.82, 2.24) is 10.2 Å². The maximum Gasteiger partial charge on any atom is 0.283 e. The number of furan rings is 1. The van der Waals surface area contributed by atoms with E-state index < -0.39 is 0 Å². The van der Waals surface area contributed by atoms with Gasteiger partial charge in [0.1, 0.15) is 5.75 Å². The van der Waals surface area contributed by atoms with E-state index in [1.807, 2.05) is 0 Å². The van der Waals surface area contributed by atoms with Crippen molar-refractivity contribution in [1.29, 1.82) is 0 Å². The molecule has 0 spiro atoms. The Bertz CT molecular complexity index is 1120. The van der Waals surface area contributed by atoms with Crippen LogP contribution in [0, 0.1) is 0 Å². The number of anilines is 1. The first-order valence-corrected chi connectivity index (χ1v) is 8.64. The van der Waals surface area contributed by atoms with E-state index in [2.05, 4.69) is 15.5 Å². The molecule has 0 bridgehead atoms. The van der Waals surface area contributed by atoms with Crippen molar-refractivity contribution in [2.24, 2.45) is 0 Å². The molecule has 2 aromatic heterocycles. The first kappa shape index (κ1) is 17.8. The second kappa shape index (κ2) is 7.58. The van der Waals surface area contributed by atoms with Gasteiger partial charge >= 0.3 is 0 Å². The van der Waals surface area contributed by atoms with E-state index in [0.29, 0.717) is 39.2 Å². The number of carbonyl (C=O) groups excluding carboxylic acids is 1. The van der Waals surface area contributed by atoms with E-state index in [-0.39, 0.29) is 11.8 Å². The van der Waals surface area contributed by atoms with Crippen molar-refractivity contribution in [3.63, 3.8) is 0 Å². The number of carbonyl (C=O) groups is 1. The van der Waals surface area contributed by atoms with Gasteiger partial charge in [-0.3, -0.25) is 4.79 Å². The van der Waals surface area contributed by atoms with Crippen molar-refractivity contribution in [2.45, 2.75) is 0 Å². The quantitative estimate of drug-likeness (QED) is 0.516. The Labute approximate surface area is 164 Å². The number of hydrogen-bond acceptors (Lipinski definition) is 6. The molecule has 0 aliphatic rings. The van der Waals surface area contributed by atoms with E-state index >= 15 is 0 Å². The zero-order chi connectivity index (χ0) is 19.5. The second-order valence-electron chi connectivity index (χ2n) is 5.77. The number of hydrogen-bond donors (Lipinski definition) is 1. The lowest BCUT2D eigenvalue weighted by Crippen LogP contribution is -2.13. The van der Waals surface area contributed by atoms with Crippen LogP contribution in [0.3, 0.4) is 0 Å². The number of nitrogens with zero attached hydrogens (tertiary/aromatic N) is 2. The molecule has 8 heteroatoms. The molecule has 4 aromatic rings. The minimum Gasteiger partial charge on any atom is -0.496 e. The van der Waals surface area contributed by atoms with Gasteiger partial charge in [-0.2, -0.15) is 0 Å². The number of benzene rings is 2. The number of halogens is 1. The lowest BCUT2D eigenvalue weighted by Gasteiger charge is -2.10. The molecule has 0 radical (unpaired) electrons. The van der Waals surface area contributed by atoms with Crippen molar-refractivity contribution in [3.8, 4) is 28.9 Å². The Morgan fingerprint density at radius 1 is 1.07 bits per heavy atom. The highest BCUT2D eigenvalue weighted by Gasteiger charge is 2.15. The van der Waals surface area contributed by atoms with Crippen LogP contribution in [0.15, 0.2) is 69.7 Å². The predicted molar refractivity (Wildman–Crippen MR) is 103 cm³/mol. The fourth-order valence-electron chi connectivity index (χ4n) is 2.63. The Morgan fingerprint density at radius 3 is 2.71 bits per heavy atom. The summed E-state index contributed by atoms with van der Waals surface area (Å²) in [6.07, 6.45) is 1.53. The number of nitrogens with one attached hydrogen (secondary N) is 1. The van der Waals surface area contributed by atoms with Crippen LogP contribution < -0.4 is 10.1 Å². The average molecular weight is 396 g/mol.